The summed E-state index contributed by atoms with van der Waals surface area (Å²) >= 11 is 0. The van der Waals surface area contributed by atoms with E-state index < -0.39 is 0 Å². The number of hydrogen-bond acceptors (Lipinski definition) is 4. The van der Waals surface area contributed by atoms with Crippen molar-refractivity contribution in [1.82, 2.24) is 4.98 Å². The van der Waals surface area contributed by atoms with Crippen LogP contribution in [0.15, 0.2) is 42.6 Å². The third-order valence-corrected chi connectivity index (χ3v) is 3.55. The zero-order valence-corrected chi connectivity index (χ0v) is 14.6. The van der Waals surface area contributed by atoms with Crippen molar-refractivity contribution in [2.75, 3.05) is 22.5 Å². The van der Waals surface area contributed by atoms with E-state index in [4.69, 9.17) is 0 Å². The lowest BCUT2D eigenvalue weighted by atomic mass is 10.2. The van der Waals surface area contributed by atoms with Gasteiger partial charge in [0.2, 0.25) is 5.91 Å². The Morgan fingerprint density at radius 1 is 1.04 bits per heavy atom. The number of anilines is 3. The van der Waals surface area contributed by atoms with Crippen LogP contribution in [-0.2, 0) is 4.79 Å². The lowest BCUT2D eigenvalue weighted by Gasteiger charge is -2.09. The number of carbonyl (C=O) groups excluding carboxylic acids is 2. The molecule has 6 heteroatoms. The second-order valence-electron chi connectivity index (χ2n) is 5.78. The Balaban J connectivity index is 1.93. The van der Waals surface area contributed by atoms with Crippen molar-refractivity contribution in [2.45, 2.75) is 33.1 Å². The summed E-state index contributed by atoms with van der Waals surface area (Å²) in [6.07, 6.45) is 5.02. The summed E-state index contributed by atoms with van der Waals surface area (Å²) in [6, 6.07) is 10.5. The number of benzene rings is 1. The van der Waals surface area contributed by atoms with Crippen LogP contribution in [0.4, 0.5) is 17.2 Å². The van der Waals surface area contributed by atoms with Crippen LogP contribution in [0.5, 0.6) is 0 Å². The first-order chi connectivity index (χ1) is 12.1. The number of rotatable bonds is 8. The molecule has 6 nitrogen and oxygen atoms in total. The normalized spacial score (nSPS) is 10.2. The van der Waals surface area contributed by atoms with Gasteiger partial charge in [0.1, 0.15) is 5.82 Å². The minimum Gasteiger partial charge on any atom is -0.370 e. The minimum atomic E-state index is -0.245. The molecule has 0 unspecified atom stereocenters. The number of carbonyl (C=O) groups is 2. The van der Waals surface area contributed by atoms with Crippen molar-refractivity contribution in [3.05, 3.63) is 48.2 Å². The minimum absolute atomic E-state index is 0.158. The smallest absolute Gasteiger partial charge is 0.257 e. The number of pyridine rings is 1. The highest BCUT2D eigenvalue weighted by Crippen LogP contribution is 2.16. The van der Waals surface area contributed by atoms with Crippen LogP contribution in [0.25, 0.3) is 0 Å². The van der Waals surface area contributed by atoms with Crippen LogP contribution >= 0.6 is 0 Å². The van der Waals surface area contributed by atoms with Gasteiger partial charge in [0, 0.05) is 31.0 Å². The highest BCUT2D eigenvalue weighted by molar-refractivity contribution is 6.04. The molecule has 1 heterocycles. The molecular formula is C19H24N4O2. The lowest BCUT2D eigenvalue weighted by molar-refractivity contribution is -0.114. The SMILES string of the molecule is CCCCCNc1ccc(C(=O)Nc2cccc(NC(C)=O)c2)cn1. The summed E-state index contributed by atoms with van der Waals surface area (Å²) in [5.41, 5.74) is 1.72. The maximum absolute atomic E-state index is 12.3. The number of nitrogens with one attached hydrogen (secondary N) is 3. The fourth-order valence-electron chi connectivity index (χ4n) is 2.31. The van der Waals surface area contributed by atoms with Crippen molar-refractivity contribution in [3.8, 4) is 0 Å². The van der Waals surface area contributed by atoms with Crippen LogP contribution in [0.3, 0.4) is 0 Å². The molecule has 0 bridgehead atoms. The van der Waals surface area contributed by atoms with Gasteiger partial charge in [-0.15, -0.1) is 0 Å². The molecule has 0 saturated carbocycles. The average molecular weight is 340 g/mol. The standard InChI is InChI=1S/C19H24N4O2/c1-3-4-5-11-20-18-10-9-15(13-21-18)19(25)23-17-8-6-7-16(12-17)22-14(2)24/h6-10,12-13H,3-5,11H2,1-2H3,(H,20,21)(H,22,24)(H,23,25). The Labute approximate surface area is 148 Å². The molecule has 132 valence electrons. The van der Waals surface area contributed by atoms with Gasteiger partial charge in [-0.1, -0.05) is 25.8 Å². The molecule has 2 amide bonds. The van der Waals surface area contributed by atoms with Crippen LogP contribution in [0.1, 0.15) is 43.5 Å². The molecule has 2 aromatic rings. The quantitative estimate of drug-likeness (QED) is 0.637. The van der Waals surface area contributed by atoms with E-state index in [2.05, 4.69) is 27.9 Å². The van der Waals surface area contributed by atoms with E-state index in [1.165, 1.54) is 19.8 Å². The van der Waals surface area contributed by atoms with E-state index in [0.29, 0.717) is 16.9 Å². The molecule has 0 aliphatic rings. The van der Waals surface area contributed by atoms with Gasteiger partial charge < -0.3 is 16.0 Å². The molecule has 1 aromatic heterocycles. The second kappa shape index (κ2) is 9.42. The molecule has 1 aromatic carbocycles. The summed E-state index contributed by atoms with van der Waals surface area (Å²) in [4.78, 5) is 27.7. The van der Waals surface area contributed by atoms with Crippen molar-refractivity contribution >= 4 is 29.0 Å². The van der Waals surface area contributed by atoms with Gasteiger partial charge >= 0.3 is 0 Å². The molecule has 0 radical (unpaired) electrons. The average Bonchev–Trinajstić information content (AvgIpc) is 2.59. The molecule has 0 spiro atoms. The van der Waals surface area contributed by atoms with Gasteiger partial charge in [0.25, 0.3) is 5.91 Å². The largest absolute Gasteiger partial charge is 0.370 e. The Morgan fingerprint density at radius 2 is 1.80 bits per heavy atom. The van der Waals surface area contributed by atoms with Gasteiger partial charge in [-0.3, -0.25) is 9.59 Å². The maximum Gasteiger partial charge on any atom is 0.257 e. The molecule has 0 atom stereocenters. The molecule has 3 N–H and O–H groups in total. The summed E-state index contributed by atoms with van der Waals surface area (Å²) < 4.78 is 0. The van der Waals surface area contributed by atoms with Crippen molar-refractivity contribution < 1.29 is 9.59 Å². The number of nitrogens with zero attached hydrogens (tertiary/aromatic N) is 1. The molecule has 0 fully saturated rings. The highest BCUT2D eigenvalue weighted by Gasteiger charge is 2.07. The third-order valence-electron chi connectivity index (χ3n) is 3.55. The topological polar surface area (TPSA) is 83.1 Å². The highest BCUT2D eigenvalue weighted by atomic mass is 16.2. The van der Waals surface area contributed by atoms with Gasteiger partial charge in [-0.05, 0) is 36.8 Å². The zero-order valence-electron chi connectivity index (χ0n) is 14.6. The van der Waals surface area contributed by atoms with Crippen molar-refractivity contribution in [2.24, 2.45) is 0 Å². The Morgan fingerprint density at radius 3 is 2.44 bits per heavy atom. The number of aromatic nitrogens is 1. The second-order valence-corrected chi connectivity index (χ2v) is 5.78. The molecule has 0 saturated heterocycles. The number of hydrogen-bond donors (Lipinski definition) is 3. The summed E-state index contributed by atoms with van der Waals surface area (Å²) in [5, 5.41) is 8.72. The van der Waals surface area contributed by atoms with Gasteiger partial charge in [0.15, 0.2) is 0 Å². The molecule has 0 aliphatic carbocycles. The van der Waals surface area contributed by atoms with E-state index in [1.807, 2.05) is 0 Å². The van der Waals surface area contributed by atoms with E-state index in [9.17, 15) is 9.59 Å². The Bertz CT molecular complexity index is 714. The summed E-state index contributed by atoms with van der Waals surface area (Å²) in [6.45, 7) is 4.48. The molecule has 0 aliphatic heterocycles. The molecular weight excluding hydrogens is 316 g/mol. The first kappa shape index (κ1) is 18.4. The van der Waals surface area contributed by atoms with Crippen LogP contribution in [0, 0.1) is 0 Å². The summed E-state index contributed by atoms with van der Waals surface area (Å²) in [5.74, 6) is 0.361. The van der Waals surface area contributed by atoms with E-state index in [1.54, 1.807) is 42.6 Å². The predicted molar refractivity (Wildman–Crippen MR) is 101 cm³/mol. The number of unbranched alkanes of at least 4 members (excludes halogenated alkanes) is 2. The van der Waals surface area contributed by atoms with Crippen LogP contribution < -0.4 is 16.0 Å². The van der Waals surface area contributed by atoms with Crippen molar-refractivity contribution in [1.29, 1.82) is 0 Å². The fourth-order valence-corrected chi connectivity index (χ4v) is 2.31. The van der Waals surface area contributed by atoms with Crippen LogP contribution in [-0.4, -0.2) is 23.3 Å². The lowest BCUT2D eigenvalue weighted by Crippen LogP contribution is -2.13. The van der Waals surface area contributed by atoms with E-state index >= 15 is 0 Å². The van der Waals surface area contributed by atoms with E-state index in [-0.39, 0.29) is 11.8 Å². The monoisotopic (exact) mass is 340 g/mol. The predicted octanol–water partition coefficient (Wildman–Crippen LogP) is 3.89. The molecule has 2 rings (SSSR count). The number of amides is 2. The van der Waals surface area contributed by atoms with Gasteiger partial charge in [-0.2, -0.15) is 0 Å². The van der Waals surface area contributed by atoms with E-state index in [0.717, 1.165) is 18.8 Å². The van der Waals surface area contributed by atoms with Crippen LogP contribution in [0.2, 0.25) is 0 Å². The maximum atomic E-state index is 12.3. The zero-order chi connectivity index (χ0) is 18.1. The third kappa shape index (κ3) is 6.25. The van der Waals surface area contributed by atoms with Crippen molar-refractivity contribution in [3.63, 3.8) is 0 Å². The Kier molecular flexibility index (Phi) is 6.95. The first-order valence-corrected chi connectivity index (χ1v) is 8.47. The summed E-state index contributed by atoms with van der Waals surface area (Å²) in [7, 11) is 0. The fraction of sp³-hybridized carbons (Fsp3) is 0.316. The van der Waals surface area contributed by atoms with Gasteiger partial charge in [0.05, 0.1) is 5.56 Å². The first-order valence-electron chi connectivity index (χ1n) is 8.47. The van der Waals surface area contributed by atoms with Gasteiger partial charge in [-0.25, -0.2) is 4.98 Å². The molecule has 25 heavy (non-hydrogen) atoms. The Hall–Kier alpha value is -2.89.